The molecular formula is C33H43FN6O7. The Morgan fingerprint density at radius 3 is 2.34 bits per heavy atom. The Labute approximate surface area is 272 Å². The molecule has 0 fully saturated rings. The Morgan fingerprint density at radius 2 is 1.68 bits per heavy atom. The van der Waals surface area contributed by atoms with Crippen molar-refractivity contribution in [2.75, 3.05) is 19.7 Å². The van der Waals surface area contributed by atoms with E-state index in [1.54, 1.807) is 44.2 Å². The molecule has 0 aliphatic carbocycles. The molecular weight excluding hydrogens is 611 g/mol. The predicted molar refractivity (Wildman–Crippen MR) is 170 cm³/mol. The molecule has 7 N–H and O–H groups in total. The summed E-state index contributed by atoms with van der Waals surface area (Å²) in [7, 11) is 0. The third kappa shape index (κ3) is 10.8. The first-order valence-corrected chi connectivity index (χ1v) is 15.4. The third-order valence-corrected chi connectivity index (χ3v) is 7.71. The summed E-state index contributed by atoms with van der Waals surface area (Å²) in [5, 5.41) is 13.2. The van der Waals surface area contributed by atoms with Crippen molar-refractivity contribution in [3.8, 4) is 5.75 Å². The van der Waals surface area contributed by atoms with Crippen LogP contribution >= 0.6 is 0 Å². The van der Waals surface area contributed by atoms with Gasteiger partial charge in [-0.1, -0.05) is 52.0 Å². The second-order valence-electron chi connectivity index (χ2n) is 12.3. The van der Waals surface area contributed by atoms with Crippen LogP contribution in [0.5, 0.6) is 5.75 Å². The molecule has 0 spiro atoms. The molecule has 1 heterocycles. The van der Waals surface area contributed by atoms with Crippen LogP contribution in [0, 0.1) is 11.7 Å². The molecule has 0 saturated heterocycles. The van der Waals surface area contributed by atoms with Gasteiger partial charge < -0.3 is 37.1 Å². The number of nitrogens with two attached hydrogens (primary N) is 1. The van der Waals surface area contributed by atoms with Crippen LogP contribution in [0.4, 0.5) is 4.39 Å². The van der Waals surface area contributed by atoms with Gasteiger partial charge >= 0.3 is 0 Å². The minimum atomic E-state index is -1.40. The standard InChI is InChI=1S/C33H43FN6O7/c1-19(2)28-32(46)36-15-16-47-25-8-6-5-7-22(25)29(43)39-24(17-27(42)38-23(31(45)40-28)13-14-26(35)41)30(44)37-18-33(3,4)20-9-11-21(34)12-10-20/h5-12,19,23-24,28H,13-18H2,1-4H3,(H2,35,41)(H,36,46)(H,37,44)(H,38,42)(H,39,43)(H,40,45)/t23-,24-,28+/m0/s1. The number of hydrogen-bond donors (Lipinski definition) is 6. The normalized spacial score (nSPS) is 20.0. The minimum Gasteiger partial charge on any atom is -0.491 e. The summed E-state index contributed by atoms with van der Waals surface area (Å²) in [6, 6.07) is 8.47. The fourth-order valence-corrected chi connectivity index (χ4v) is 4.89. The number of carbonyl (C=O) groups is 6. The van der Waals surface area contributed by atoms with Crippen molar-refractivity contribution in [2.45, 2.75) is 70.5 Å². The predicted octanol–water partition coefficient (Wildman–Crippen LogP) is 0.808. The van der Waals surface area contributed by atoms with E-state index in [-0.39, 0.29) is 49.8 Å². The van der Waals surface area contributed by atoms with Crippen molar-refractivity contribution >= 4 is 35.4 Å². The number of halogens is 1. The van der Waals surface area contributed by atoms with Crippen molar-refractivity contribution in [3.63, 3.8) is 0 Å². The van der Waals surface area contributed by atoms with E-state index in [0.29, 0.717) is 0 Å². The fraction of sp³-hybridized carbons (Fsp3) is 0.455. The zero-order chi connectivity index (χ0) is 34.7. The molecule has 14 heteroatoms. The van der Waals surface area contributed by atoms with Gasteiger partial charge in [-0.05, 0) is 42.2 Å². The number of ether oxygens (including phenoxy) is 1. The highest BCUT2D eigenvalue weighted by molar-refractivity contribution is 6.01. The summed E-state index contributed by atoms with van der Waals surface area (Å²) in [6.45, 7) is 7.25. The summed E-state index contributed by atoms with van der Waals surface area (Å²) in [5.74, 6) is -4.67. The first kappa shape index (κ1) is 36.5. The number of benzene rings is 2. The Kier molecular flexibility index (Phi) is 12.8. The average molecular weight is 655 g/mol. The van der Waals surface area contributed by atoms with Crippen molar-refractivity contribution in [1.29, 1.82) is 0 Å². The van der Waals surface area contributed by atoms with E-state index in [2.05, 4.69) is 26.6 Å². The molecule has 0 saturated carbocycles. The number of nitrogens with one attached hydrogen (secondary N) is 5. The van der Waals surface area contributed by atoms with Gasteiger partial charge in [-0.2, -0.15) is 0 Å². The molecule has 47 heavy (non-hydrogen) atoms. The van der Waals surface area contributed by atoms with Gasteiger partial charge in [-0.25, -0.2) is 4.39 Å². The first-order chi connectivity index (χ1) is 22.2. The minimum absolute atomic E-state index is 0.0154. The van der Waals surface area contributed by atoms with Gasteiger partial charge in [0, 0.05) is 18.4 Å². The molecule has 0 unspecified atom stereocenters. The topological polar surface area (TPSA) is 198 Å². The van der Waals surface area contributed by atoms with Gasteiger partial charge in [0.15, 0.2) is 0 Å². The zero-order valence-corrected chi connectivity index (χ0v) is 27.0. The Balaban J connectivity index is 1.92. The van der Waals surface area contributed by atoms with Crippen LogP contribution in [0.25, 0.3) is 0 Å². The van der Waals surface area contributed by atoms with Gasteiger partial charge in [-0.3, -0.25) is 28.8 Å². The largest absolute Gasteiger partial charge is 0.491 e. The molecule has 3 rings (SSSR count). The van der Waals surface area contributed by atoms with Gasteiger partial charge in [0.2, 0.25) is 29.5 Å². The number of amides is 6. The second-order valence-corrected chi connectivity index (χ2v) is 12.3. The maximum Gasteiger partial charge on any atom is 0.255 e. The monoisotopic (exact) mass is 654 g/mol. The lowest BCUT2D eigenvalue weighted by molar-refractivity contribution is -0.134. The average Bonchev–Trinajstić information content (AvgIpc) is 3.02. The summed E-state index contributed by atoms with van der Waals surface area (Å²) in [5.41, 5.74) is 5.48. The van der Waals surface area contributed by atoms with Gasteiger partial charge in [0.25, 0.3) is 5.91 Å². The number of para-hydroxylation sites is 1. The zero-order valence-electron chi connectivity index (χ0n) is 27.0. The van der Waals surface area contributed by atoms with Crippen LogP contribution in [-0.4, -0.2) is 73.3 Å². The molecule has 3 atom stereocenters. The molecule has 2 aromatic rings. The van der Waals surface area contributed by atoms with Crippen LogP contribution in [-0.2, 0) is 29.4 Å². The summed E-state index contributed by atoms with van der Waals surface area (Å²) < 4.78 is 19.3. The van der Waals surface area contributed by atoms with Gasteiger partial charge in [0.05, 0.1) is 18.5 Å². The van der Waals surface area contributed by atoms with Crippen molar-refractivity contribution in [2.24, 2.45) is 11.7 Å². The van der Waals surface area contributed by atoms with E-state index in [1.807, 2.05) is 13.8 Å². The maximum absolute atomic E-state index is 13.6. The Morgan fingerprint density at radius 1 is 1.00 bits per heavy atom. The molecule has 0 bridgehead atoms. The molecule has 254 valence electrons. The van der Waals surface area contributed by atoms with Gasteiger partial charge in [0.1, 0.15) is 36.3 Å². The molecule has 2 aromatic carbocycles. The molecule has 0 radical (unpaired) electrons. The Hall–Kier alpha value is -5.01. The van der Waals surface area contributed by atoms with E-state index in [4.69, 9.17) is 10.5 Å². The van der Waals surface area contributed by atoms with E-state index >= 15 is 0 Å². The lowest BCUT2D eigenvalue weighted by atomic mass is 9.84. The number of carbonyl (C=O) groups excluding carboxylic acids is 6. The van der Waals surface area contributed by atoms with Crippen LogP contribution in [0.2, 0.25) is 0 Å². The lowest BCUT2D eigenvalue weighted by Crippen LogP contribution is -2.56. The number of rotatable bonds is 8. The molecule has 0 aromatic heterocycles. The molecule has 1 aliphatic rings. The molecule has 6 amide bonds. The SMILES string of the molecule is CC(C)[C@H]1NC(=O)[C@H](CCC(N)=O)NC(=O)C[C@@H](C(=O)NCC(C)(C)c2ccc(F)cc2)NC(=O)c2ccccc2OCCNC1=O. The fourth-order valence-electron chi connectivity index (χ4n) is 4.89. The van der Waals surface area contributed by atoms with E-state index < -0.39 is 71.2 Å². The quantitative estimate of drug-likeness (QED) is 0.242. The summed E-state index contributed by atoms with van der Waals surface area (Å²) in [6.07, 6.45) is -0.994. The first-order valence-electron chi connectivity index (χ1n) is 15.4. The van der Waals surface area contributed by atoms with Crippen LogP contribution in [0.3, 0.4) is 0 Å². The number of primary amides is 1. The van der Waals surface area contributed by atoms with Crippen molar-refractivity contribution in [3.05, 3.63) is 65.5 Å². The third-order valence-electron chi connectivity index (χ3n) is 7.71. The van der Waals surface area contributed by atoms with Crippen molar-refractivity contribution < 1.29 is 37.9 Å². The summed E-state index contributed by atoms with van der Waals surface area (Å²) >= 11 is 0. The van der Waals surface area contributed by atoms with E-state index in [9.17, 15) is 33.2 Å². The van der Waals surface area contributed by atoms with Gasteiger partial charge in [-0.15, -0.1) is 0 Å². The highest BCUT2D eigenvalue weighted by Crippen LogP contribution is 2.23. The maximum atomic E-state index is 13.6. The van der Waals surface area contributed by atoms with E-state index in [0.717, 1.165) is 5.56 Å². The van der Waals surface area contributed by atoms with Crippen LogP contribution in [0.15, 0.2) is 48.5 Å². The van der Waals surface area contributed by atoms with E-state index in [1.165, 1.54) is 18.2 Å². The highest BCUT2D eigenvalue weighted by Gasteiger charge is 2.32. The van der Waals surface area contributed by atoms with Crippen molar-refractivity contribution in [1.82, 2.24) is 26.6 Å². The Bertz CT molecular complexity index is 1460. The smallest absolute Gasteiger partial charge is 0.255 e. The van der Waals surface area contributed by atoms with Crippen LogP contribution < -0.4 is 37.1 Å². The molecule has 1 aliphatic heterocycles. The number of fused-ring (bicyclic) bond motifs is 1. The second kappa shape index (κ2) is 16.5. The summed E-state index contributed by atoms with van der Waals surface area (Å²) in [4.78, 5) is 78.2. The lowest BCUT2D eigenvalue weighted by Gasteiger charge is -2.28. The number of hydrogen-bond acceptors (Lipinski definition) is 7. The van der Waals surface area contributed by atoms with Crippen LogP contribution in [0.1, 0.15) is 62.9 Å². The molecule has 13 nitrogen and oxygen atoms in total. The highest BCUT2D eigenvalue weighted by atomic mass is 19.1.